The van der Waals surface area contributed by atoms with Crippen molar-refractivity contribution in [3.8, 4) is 0 Å². The van der Waals surface area contributed by atoms with Gasteiger partial charge in [0.2, 0.25) is 5.91 Å². The van der Waals surface area contributed by atoms with Crippen LogP contribution in [0.25, 0.3) is 0 Å². The van der Waals surface area contributed by atoms with E-state index in [2.05, 4.69) is 46.3 Å². The third-order valence-electron chi connectivity index (χ3n) is 4.33. The SMILES string of the molecule is Cc1cccc(N2CCN(CCCCNC(=O)CCN)CC2)c1.Cl. The Bertz CT molecular complexity index is 490. The molecule has 1 aromatic rings. The van der Waals surface area contributed by atoms with Gasteiger partial charge >= 0.3 is 0 Å². The van der Waals surface area contributed by atoms with Crippen LogP contribution >= 0.6 is 12.4 Å². The first-order valence-electron chi connectivity index (χ1n) is 8.70. The van der Waals surface area contributed by atoms with E-state index in [9.17, 15) is 4.79 Å². The Balaban J connectivity index is 0.00000288. The fraction of sp³-hybridized carbons (Fsp3) is 0.611. The van der Waals surface area contributed by atoms with Crippen molar-refractivity contribution < 1.29 is 4.79 Å². The van der Waals surface area contributed by atoms with Crippen molar-refractivity contribution >= 4 is 24.0 Å². The van der Waals surface area contributed by atoms with E-state index in [1.54, 1.807) is 0 Å². The number of anilines is 1. The van der Waals surface area contributed by atoms with Crippen molar-refractivity contribution in [2.75, 3.05) is 50.7 Å². The van der Waals surface area contributed by atoms with E-state index in [-0.39, 0.29) is 18.3 Å². The first kappa shape index (κ1) is 20.7. The van der Waals surface area contributed by atoms with Crippen LogP contribution in [0.1, 0.15) is 24.8 Å². The number of carbonyl (C=O) groups is 1. The minimum atomic E-state index is 0. The maximum absolute atomic E-state index is 11.3. The molecular weight excluding hydrogens is 324 g/mol. The van der Waals surface area contributed by atoms with Crippen LogP contribution in [0.5, 0.6) is 0 Å². The van der Waals surface area contributed by atoms with Gasteiger partial charge < -0.3 is 16.0 Å². The number of nitrogens with one attached hydrogen (secondary N) is 1. The number of benzene rings is 1. The molecule has 0 atom stereocenters. The molecule has 1 amide bonds. The van der Waals surface area contributed by atoms with Gasteiger partial charge in [0.15, 0.2) is 0 Å². The molecule has 0 unspecified atom stereocenters. The van der Waals surface area contributed by atoms with Gasteiger partial charge in [0, 0.05) is 51.4 Å². The molecule has 0 aliphatic carbocycles. The molecule has 1 fully saturated rings. The van der Waals surface area contributed by atoms with Crippen LogP contribution in [0.2, 0.25) is 0 Å². The number of nitrogens with two attached hydrogens (primary N) is 1. The number of aryl methyl sites for hydroxylation is 1. The molecule has 136 valence electrons. The number of hydrogen-bond donors (Lipinski definition) is 2. The number of nitrogens with zero attached hydrogens (tertiary/aromatic N) is 2. The van der Waals surface area contributed by atoms with E-state index in [1.165, 1.54) is 11.3 Å². The highest BCUT2D eigenvalue weighted by Crippen LogP contribution is 2.17. The first-order chi connectivity index (χ1) is 11.2. The van der Waals surface area contributed by atoms with Gasteiger partial charge in [-0.05, 0) is 44.0 Å². The monoisotopic (exact) mass is 354 g/mol. The Morgan fingerprint density at radius 1 is 1.21 bits per heavy atom. The molecular formula is C18H31ClN4O. The maximum Gasteiger partial charge on any atom is 0.221 e. The predicted octanol–water partition coefficient (Wildman–Crippen LogP) is 1.78. The van der Waals surface area contributed by atoms with Crippen LogP contribution in [-0.4, -0.2) is 56.6 Å². The summed E-state index contributed by atoms with van der Waals surface area (Å²) in [7, 11) is 0. The third kappa shape index (κ3) is 7.07. The van der Waals surface area contributed by atoms with E-state index in [1.807, 2.05) is 0 Å². The second-order valence-corrected chi connectivity index (χ2v) is 6.26. The Morgan fingerprint density at radius 2 is 1.96 bits per heavy atom. The van der Waals surface area contributed by atoms with E-state index in [0.717, 1.165) is 52.1 Å². The Hall–Kier alpha value is -1.30. The molecule has 1 aliphatic heterocycles. The number of hydrogen-bond acceptors (Lipinski definition) is 4. The summed E-state index contributed by atoms with van der Waals surface area (Å²) in [5.41, 5.74) is 8.01. The summed E-state index contributed by atoms with van der Waals surface area (Å²) >= 11 is 0. The van der Waals surface area contributed by atoms with Crippen LogP contribution in [0.15, 0.2) is 24.3 Å². The van der Waals surface area contributed by atoms with Crippen molar-refractivity contribution in [3.05, 3.63) is 29.8 Å². The highest BCUT2D eigenvalue weighted by molar-refractivity contribution is 5.85. The Kier molecular flexibility index (Phi) is 9.76. The number of piperazine rings is 1. The molecule has 0 saturated carbocycles. The lowest BCUT2D eigenvalue weighted by molar-refractivity contribution is -0.120. The Labute approximate surface area is 152 Å². The summed E-state index contributed by atoms with van der Waals surface area (Å²) in [5.74, 6) is 0.0688. The van der Waals surface area contributed by atoms with E-state index in [0.29, 0.717) is 13.0 Å². The highest BCUT2D eigenvalue weighted by atomic mass is 35.5. The van der Waals surface area contributed by atoms with Crippen LogP contribution < -0.4 is 16.0 Å². The largest absolute Gasteiger partial charge is 0.369 e. The number of amides is 1. The van der Waals surface area contributed by atoms with Crippen molar-refractivity contribution in [2.45, 2.75) is 26.2 Å². The lowest BCUT2D eigenvalue weighted by Crippen LogP contribution is -2.46. The van der Waals surface area contributed by atoms with Gasteiger partial charge in [-0.25, -0.2) is 0 Å². The summed E-state index contributed by atoms with van der Waals surface area (Å²) in [6.07, 6.45) is 2.60. The Morgan fingerprint density at radius 3 is 2.62 bits per heavy atom. The van der Waals surface area contributed by atoms with Crippen molar-refractivity contribution in [1.82, 2.24) is 10.2 Å². The molecule has 1 heterocycles. The number of rotatable bonds is 8. The molecule has 0 bridgehead atoms. The maximum atomic E-state index is 11.3. The average Bonchev–Trinajstić information content (AvgIpc) is 2.55. The molecule has 1 saturated heterocycles. The summed E-state index contributed by atoms with van der Waals surface area (Å²) < 4.78 is 0. The zero-order valence-electron chi connectivity index (χ0n) is 14.7. The fourth-order valence-electron chi connectivity index (χ4n) is 2.96. The normalized spacial score (nSPS) is 15.0. The smallest absolute Gasteiger partial charge is 0.221 e. The summed E-state index contributed by atoms with van der Waals surface area (Å²) in [6, 6.07) is 8.74. The molecule has 0 spiro atoms. The zero-order chi connectivity index (χ0) is 16.5. The van der Waals surface area contributed by atoms with Crippen molar-refractivity contribution in [3.63, 3.8) is 0 Å². The molecule has 0 radical (unpaired) electrons. The van der Waals surface area contributed by atoms with Crippen molar-refractivity contribution in [2.24, 2.45) is 5.73 Å². The van der Waals surface area contributed by atoms with E-state index < -0.39 is 0 Å². The fourth-order valence-corrected chi connectivity index (χ4v) is 2.96. The number of unbranched alkanes of at least 4 members (excludes halogenated alkanes) is 1. The summed E-state index contributed by atoms with van der Waals surface area (Å²) in [5, 5.41) is 2.91. The van der Waals surface area contributed by atoms with Crippen LogP contribution in [0, 0.1) is 6.92 Å². The van der Waals surface area contributed by atoms with Gasteiger partial charge in [-0.2, -0.15) is 0 Å². The molecule has 24 heavy (non-hydrogen) atoms. The molecule has 1 aliphatic rings. The zero-order valence-corrected chi connectivity index (χ0v) is 15.5. The quantitative estimate of drug-likeness (QED) is 0.699. The van der Waals surface area contributed by atoms with Gasteiger partial charge in [-0.1, -0.05) is 12.1 Å². The van der Waals surface area contributed by atoms with Gasteiger partial charge in [0.1, 0.15) is 0 Å². The highest BCUT2D eigenvalue weighted by Gasteiger charge is 2.16. The standard InChI is InChI=1S/C18H30N4O.ClH/c1-16-5-4-6-17(15-16)22-13-11-21(12-14-22)10-3-2-9-20-18(23)7-8-19;/h4-6,15H,2-3,7-14,19H2,1H3,(H,20,23);1H. The predicted molar refractivity (Wildman–Crippen MR) is 103 cm³/mol. The number of halogens is 1. The lowest BCUT2D eigenvalue weighted by atomic mass is 10.2. The van der Waals surface area contributed by atoms with Gasteiger partial charge in [0.25, 0.3) is 0 Å². The summed E-state index contributed by atoms with van der Waals surface area (Å²) in [6.45, 7) is 8.88. The number of carbonyl (C=O) groups excluding carboxylic acids is 1. The first-order valence-corrected chi connectivity index (χ1v) is 8.70. The van der Waals surface area contributed by atoms with Crippen LogP contribution in [-0.2, 0) is 4.79 Å². The van der Waals surface area contributed by atoms with Crippen LogP contribution in [0.3, 0.4) is 0 Å². The second-order valence-electron chi connectivity index (χ2n) is 6.26. The minimum Gasteiger partial charge on any atom is -0.369 e. The average molecular weight is 355 g/mol. The van der Waals surface area contributed by atoms with Gasteiger partial charge in [-0.3, -0.25) is 9.69 Å². The van der Waals surface area contributed by atoms with E-state index in [4.69, 9.17) is 5.73 Å². The molecule has 6 heteroatoms. The second kappa shape index (κ2) is 11.3. The lowest BCUT2D eigenvalue weighted by Gasteiger charge is -2.36. The van der Waals surface area contributed by atoms with Gasteiger partial charge in [-0.15, -0.1) is 12.4 Å². The molecule has 1 aromatic carbocycles. The van der Waals surface area contributed by atoms with Crippen molar-refractivity contribution in [1.29, 1.82) is 0 Å². The molecule has 3 N–H and O–H groups in total. The summed E-state index contributed by atoms with van der Waals surface area (Å²) in [4.78, 5) is 16.3. The van der Waals surface area contributed by atoms with E-state index >= 15 is 0 Å². The molecule has 2 rings (SSSR count). The molecule has 0 aromatic heterocycles. The van der Waals surface area contributed by atoms with Crippen LogP contribution in [0.4, 0.5) is 5.69 Å². The van der Waals surface area contributed by atoms with Gasteiger partial charge in [0.05, 0.1) is 0 Å². The molecule has 5 nitrogen and oxygen atoms in total. The topological polar surface area (TPSA) is 61.6 Å². The third-order valence-corrected chi connectivity index (χ3v) is 4.33. The minimum absolute atomic E-state index is 0.